The van der Waals surface area contributed by atoms with Gasteiger partial charge in [-0.15, -0.1) is 0 Å². The highest BCUT2D eigenvalue weighted by molar-refractivity contribution is 5.37. The fourth-order valence-corrected chi connectivity index (χ4v) is 2.52. The first-order chi connectivity index (χ1) is 10.2. The molecule has 21 heavy (non-hydrogen) atoms. The van der Waals surface area contributed by atoms with Gasteiger partial charge in [0.05, 0.1) is 12.7 Å². The Kier molecular flexibility index (Phi) is 6.19. The van der Waals surface area contributed by atoms with Gasteiger partial charge in [-0.25, -0.2) is 4.39 Å². The fourth-order valence-electron chi connectivity index (χ4n) is 2.52. The number of hydrogen-bond acceptors (Lipinski definition) is 3. The van der Waals surface area contributed by atoms with Crippen LogP contribution in [0.4, 0.5) is 4.39 Å². The van der Waals surface area contributed by atoms with E-state index in [0.29, 0.717) is 18.5 Å². The molecule has 0 aliphatic carbocycles. The molecule has 1 fully saturated rings. The molecule has 2 rings (SSSR count). The summed E-state index contributed by atoms with van der Waals surface area (Å²) in [6.07, 6.45) is 1.63. The van der Waals surface area contributed by atoms with Crippen LogP contribution in [-0.4, -0.2) is 42.4 Å². The molecule has 114 valence electrons. The molecule has 0 radical (unpaired) electrons. The van der Waals surface area contributed by atoms with E-state index >= 15 is 0 Å². The quantitative estimate of drug-likeness (QED) is 0.866. The Morgan fingerprint density at radius 1 is 1.43 bits per heavy atom. The highest BCUT2D eigenvalue weighted by Crippen LogP contribution is 2.14. The molecule has 0 spiro atoms. The lowest BCUT2D eigenvalue weighted by Crippen LogP contribution is -2.29. The second-order valence-corrected chi connectivity index (χ2v) is 5.39. The number of nitrogens with zero attached hydrogens (tertiary/aromatic N) is 1. The van der Waals surface area contributed by atoms with Crippen molar-refractivity contribution in [1.82, 2.24) is 4.90 Å². The van der Waals surface area contributed by atoms with Crippen molar-refractivity contribution in [3.8, 4) is 11.8 Å². The van der Waals surface area contributed by atoms with Gasteiger partial charge >= 0.3 is 0 Å². The molecule has 0 bridgehead atoms. The van der Waals surface area contributed by atoms with Crippen LogP contribution >= 0.6 is 0 Å². The van der Waals surface area contributed by atoms with Gasteiger partial charge in [0.15, 0.2) is 0 Å². The Hall–Kier alpha value is -1.41. The van der Waals surface area contributed by atoms with E-state index in [9.17, 15) is 4.39 Å². The van der Waals surface area contributed by atoms with E-state index < -0.39 is 0 Å². The van der Waals surface area contributed by atoms with Gasteiger partial charge in [0.2, 0.25) is 0 Å². The maximum atomic E-state index is 13.7. The van der Waals surface area contributed by atoms with Crippen molar-refractivity contribution in [3.05, 3.63) is 35.1 Å². The van der Waals surface area contributed by atoms with E-state index in [1.165, 1.54) is 6.07 Å². The predicted octanol–water partition coefficient (Wildman–Crippen LogP) is 2.17. The maximum absolute atomic E-state index is 13.7. The van der Waals surface area contributed by atoms with Crippen molar-refractivity contribution in [2.45, 2.75) is 32.4 Å². The highest BCUT2D eigenvalue weighted by Gasteiger charge is 2.15. The average molecular weight is 291 g/mol. The molecule has 1 atom stereocenters. The maximum Gasteiger partial charge on any atom is 0.124 e. The zero-order valence-corrected chi connectivity index (χ0v) is 12.4. The van der Waals surface area contributed by atoms with Gasteiger partial charge in [-0.05, 0) is 37.1 Å². The van der Waals surface area contributed by atoms with Crippen molar-refractivity contribution >= 4 is 0 Å². The summed E-state index contributed by atoms with van der Waals surface area (Å²) < 4.78 is 19.3. The monoisotopic (exact) mass is 291 g/mol. The minimum absolute atomic E-state index is 0.0286. The predicted molar refractivity (Wildman–Crippen MR) is 80.3 cm³/mol. The Balaban J connectivity index is 2.07. The second-order valence-electron chi connectivity index (χ2n) is 5.39. The number of aliphatic hydroxyl groups is 1. The van der Waals surface area contributed by atoms with Crippen LogP contribution in [0.5, 0.6) is 0 Å². The number of aliphatic hydroxyl groups excluding tert-OH is 1. The molecule has 1 aromatic carbocycles. The number of benzene rings is 1. The molecule has 4 heteroatoms. The summed E-state index contributed by atoms with van der Waals surface area (Å²) in [5, 5.41) is 8.73. The molecule has 0 saturated carbocycles. The van der Waals surface area contributed by atoms with Crippen LogP contribution in [-0.2, 0) is 11.3 Å². The molecule has 1 heterocycles. The zero-order valence-electron chi connectivity index (χ0n) is 12.4. The molecular formula is C17H22FNO2. The lowest BCUT2D eigenvalue weighted by atomic mass is 10.1. The largest absolute Gasteiger partial charge is 0.395 e. The lowest BCUT2D eigenvalue weighted by Gasteiger charge is -2.21. The van der Waals surface area contributed by atoms with Gasteiger partial charge < -0.3 is 9.84 Å². The average Bonchev–Trinajstić information content (AvgIpc) is 2.63. The molecule has 3 nitrogen and oxygen atoms in total. The molecule has 1 aliphatic rings. The molecule has 1 saturated heterocycles. The fraction of sp³-hybridized carbons (Fsp3) is 0.529. The summed E-state index contributed by atoms with van der Waals surface area (Å²) in [5.41, 5.74) is 1.59. The van der Waals surface area contributed by atoms with Crippen LogP contribution in [0.15, 0.2) is 18.2 Å². The van der Waals surface area contributed by atoms with E-state index in [0.717, 1.165) is 31.7 Å². The number of halogens is 1. The third-order valence-corrected chi connectivity index (χ3v) is 3.37. The smallest absolute Gasteiger partial charge is 0.124 e. The SMILES string of the molecule is CC1CN(Cc2cc(F)cc(C#CCCO)c2)CCCO1. The molecular weight excluding hydrogens is 269 g/mol. The summed E-state index contributed by atoms with van der Waals surface area (Å²) in [6.45, 7) is 5.42. The summed E-state index contributed by atoms with van der Waals surface area (Å²) in [4.78, 5) is 2.29. The summed E-state index contributed by atoms with van der Waals surface area (Å²) in [7, 11) is 0. The van der Waals surface area contributed by atoms with Crippen molar-refractivity contribution in [1.29, 1.82) is 0 Å². The number of rotatable bonds is 3. The molecule has 1 unspecified atom stereocenters. The molecule has 1 N–H and O–H groups in total. The van der Waals surface area contributed by atoms with Crippen LogP contribution < -0.4 is 0 Å². The lowest BCUT2D eigenvalue weighted by molar-refractivity contribution is 0.0668. The normalized spacial score (nSPS) is 19.7. The van der Waals surface area contributed by atoms with Crippen LogP contribution in [0.3, 0.4) is 0 Å². The topological polar surface area (TPSA) is 32.7 Å². The third kappa shape index (κ3) is 5.47. The van der Waals surface area contributed by atoms with E-state index in [2.05, 4.69) is 23.7 Å². The van der Waals surface area contributed by atoms with E-state index in [-0.39, 0.29) is 18.5 Å². The summed E-state index contributed by atoms with van der Waals surface area (Å²) in [5.74, 6) is 5.45. The van der Waals surface area contributed by atoms with E-state index in [1.807, 2.05) is 6.07 Å². The highest BCUT2D eigenvalue weighted by atomic mass is 19.1. The first-order valence-electron chi connectivity index (χ1n) is 7.40. The van der Waals surface area contributed by atoms with Gasteiger partial charge in [-0.2, -0.15) is 0 Å². The Labute approximate surface area is 125 Å². The van der Waals surface area contributed by atoms with Crippen LogP contribution in [0.1, 0.15) is 30.9 Å². The minimum atomic E-state index is -0.264. The Morgan fingerprint density at radius 2 is 2.29 bits per heavy atom. The van der Waals surface area contributed by atoms with Crippen molar-refractivity contribution in [3.63, 3.8) is 0 Å². The summed E-state index contributed by atoms with van der Waals surface area (Å²) >= 11 is 0. The van der Waals surface area contributed by atoms with Gasteiger partial charge in [0, 0.05) is 38.2 Å². The van der Waals surface area contributed by atoms with Crippen LogP contribution in [0, 0.1) is 17.7 Å². The molecule has 1 aliphatic heterocycles. The van der Waals surface area contributed by atoms with Crippen LogP contribution in [0.2, 0.25) is 0 Å². The van der Waals surface area contributed by atoms with Crippen molar-refractivity contribution < 1.29 is 14.2 Å². The number of ether oxygens (including phenoxy) is 1. The van der Waals surface area contributed by atoms with Gasteiger partial charge in [0.1, 0.15) is 5.82 Å². The summed E-state index contributed by atoms with van der Waals surface area (Å²) in [6, 6.07) is 4.92. The molecule has 0 aromatic heterocycles. The minimum Gasteiger partial charge on any atom is -0.395 e. The second kappa shape index (κ2) is 8.14. The first-order valence-corrected chi connectivity index (χ1v) is 7.40. The molecule has 0 amide bonds. The van der Waals surface area contributed by atoms with Gasteiger partial charge in [-0.3, -0.25) is 4.90 Å². The van der Waals surface area contributed by atoms with Crippen molar-refractivity contribution in [2.75, 3.05) is 26.3 Å². The van der Waals surface area contributed by atoms with Gasteiger partial charge in [-0.1, -0.05) is 11.8 Å². The third-order valence-electron chi connectivity index (χ3n) is 3.37. The van der Waals surface area contributed by atoms with Crippen molar-refractivity contribution in [2.24, 2.45) is 0 Å². The van der Waals surface area contributed by atoms with Gasteiger partial charge in [0.25, 0.3) is 0 Å². The van der Waals surface area contributed by atoms with Crippen LogP contribution in [0.25, 0.3) is 0 Å². The Bertz CT molecular complexity index is 521. The van der Waals surface area contributed by atoms with E-state index in [1.54, 1.807) is 6.07 Å². The molecule has 1 aromatic rings. The first kappa shape index (κ1) is 16.0. The number of hydrogen-bond donors (Lipinski definition) is 1. The zero-order chi connectivity index (χ0) is 15.1. The Morgan fingerprint density at radius 3 is 3.10 bits per heavy atom. The van der Waals surface area contributed by atoms with E-state index in [4.69, 9.17) is 9.84 Å². The standard InChI is InChI=1S/C17H22FNO2/c1-14-12-19(6-4-8-21-14)13-16-9-15(5-2-3-7-20)10-17(18)11-16/h9-11,14,20H,3-4,6-8,12-13H2,1H3.